The van der Waals surface area contributed by atoms with Gasteiger partial charge in [0.2, 0.25) is 0 Å². The van der Waals surface area contributed by atoms with Crippen LogP contribution in [-0.4, -0.2) is 12.2 Å². The van der Waals surface area contributed by atoms with E-state index in [1.807, 2.05) is 12.1 Å². The van der Waals surface area contributed by atoms with Gasteiger partial charge in [-0.25, -0.2) is 4.39 Å². The number of benzene rings is 2. The maximum atomic E-state index is 13.8. The van der Waals surface area contributed by atoms with Crippen molar-refractivity contribution in [1.82, 2.24) is 0 Å². The first-order chi connectivity index (χ1) is 9.51. The van der Waals surface area contributed by atoms with Crippen LogP contribution in [0.2, 0.25) is 5.02 Å². The van der Waals surface area contributed by atoms with Gasteiger partial charge < -0.3 is 9.84 Å². The Balaban J connectivity index is 2.25. The van der Waals surface area contributed by atoms with E-state index in [1.165, 1.54) is 12.1 Å². The summed E-state index contributed by atoms with van der Waals surface area (Å²) in [5, 5.41) is 10.5. The lowest BCUT2D eigenvalue weighted by Crippen LogP contribution is -2.05. The van der Waals surface area contributed by atoms with Crippen molar-refractivity contribution in [1.29, 1.82) is 0 Å². The van der Waals surface area contributed by atoms with Gasteiger partial charge in [-0.3, -0.25) is 0 Å². The van der Waals surface area contributed by atoms with Gasteiger partial charge in [0.1, 0.15) is 11.6 Å². The van der Waals surface area contributed by atoms with Crippen LogP contribution in [0.5, 0.6) is 5.75 Å². The second kappa shape index (κ2) is 6.57. The van der Waals surface area contributed by atoms with E-state index >= 15 is 0 Å². The van der Waals surface area contributed by atoms with Crippen molar-refractivity contribution >= 4 is 27.5 Å². The van der Waals surface area contributed by atoms with Crippen molar-refractivity contribution < 1.29 is 14.2 Å². The van der Waals surface area contributed by atoms with Gasteiger partial charge in [0.05, 0.1) is 13.2 Å². The SMILES string of the molecule is COc1ccc(Br)c(CC(O)c2ccc(Cl)cc2F)c1. The van der Waals surface area contributed by atoms with E-state index in [9.17, 15) is 9.50 Å². The first kappa shape index (κ1) is 15.3. The number of aliphatic hydroxyl groups excluding tert-OH is 1. The van der Waals surface area contributed by atoms with E-state index in [4.69, 9.17) is 16.3 Å². The van der Waals surface area contributed by atoms with E-state index in [1.54, 1.807) is 19.2 Å². The van der Waals surface area contributed by atoms with Gasteiger partial charge in [-0.15, -0.1) is 0 Å². The van der Waals surface area contributed by atoms with Crippen LogP contribution in [0.1, 0.15) is 17.2 Å². The van der Waals surface area contributed by atoms with Crippen molar-refractivity contribution in [3.05, 3.63) is 62.8 Å². The summed E-state index contributed by atoms with van der Waals surface area (Å²) in [5.41, 5.74) is 1.07. The Morgan fingerprint density at radius 3 is 2.70 bits per heavy atom. The molecule has 0 amide bonds. The number of aliphatic hydroxyl groups is 1. The molecule has 0 saturated carbocycles. The Hall–Kier alpha value is -1.10. The minimum Gasteiger partial charge on any atom is -0.497 e. The molecule has 2 aromatic carbocycles. The van der Waals surface area contributed by atoms with E-state index in [0.717, 1.165) is 10.0 Å². The van der Waals surface area contributed by atoms with E-state index in [0.29, 0.717) is 10.8 Å². The highest BCUT2D eigenvalue weighted by atomic mass is 79.9. The van der Waals surface area contributed by atoms with Gasteiger partial charge in [-0.1, -0.05) is 33.6 Å². The summed E-state index contributed by atoms with van der Waals surface area (Å²) in [6.07, 6.45) is -0.674. The van der Waals surface area contributed by atoms with Crippen molar-refractivity contribution in [2.75, 3.05) is 7.11 Å². The summed E-state index contributed by atoms with van der Waals surface area (Å²) in [5.74, 6) is 0.177. The van der Waals surface area contributed by atoms with Crippen LogP contribution in [0.4, 0.5) is 4.39 Å². The number of rotatable bonds is 4. The number of methoxy groups -OCH3 is 1. The second-order valence-corrected chi connectivity index (χ2v) is 5.63. The smallest absolute Gasteiger partial charge is 0.130 e. The molecule has 0 aliphatic rings. The number of halogens is 3. The summed E-state index contributed by atoms with van der Waals surface area (Å²) in [4.78, 5) is 0. The van der Waals surface area contributed by atoms with Crippen molar-refractivity contribution in [2.45, 2.75) is 12.5 Å². The van der Waals surface area contributed by atoms with Crippen LogP contribution in [-0.2, 0) is 6.42 Å². The molecule has 2 aromatic rings. The molecule has 0 saturated heterocycles. The third kappa shape index (κ3) is 3.51. The fourth-order valence-electron chi connectivity index (χ4n) is 1.92. The van der Waals surface area contributed by atoms with Gasteiger partial charge in [-0.2, -0.15) is 0 Å². The molecule has 0 spiro atoms. The van der Waals surface area contributed by atoms with Crippen LogP contribution in [0.15, 0.2) is 40.9 Å². The quantitative estimate of drug-likeness (QED) is 0.869. The minimum atomic E-state index is -0.948. The molecule has 20 heavy (non-hydrogen) atoms. The van der Waals surface area contributed by atoms with E-state index in [2.05, 4.69) is 15.9 Å². The average molecular weight is 360 g/mol. The zero-order chi connectivity index (χ0) is 14.7. The maximum Gasteiger partial charge on any atom is 0.130 e. The molecule has 0 radical (unpaired) electrons. The summed E-state index contributed by atoms with van der Waals surface area (Å²) in [6, 6.07) is 9.70. The Labute approximate surface area is 130 Å². The van der Waals surface area contributed by atoms with Crippen LogP contribution in [0.25, 0.3) is 0 Å². The molecule has 1 N–H and O–H groups in total. The molecule has 0 aromatic heterocycles. The van der Waals surface area contributed by atoms with E-state index in [-0.39, 0.29) is 12.0 Å². The Kier molecular flexibility index (Phi) is 5.02. The molecule has 0 fully saturated rings. The molecule has 0 aliphatic heterocycles. The van der Waals surface area contributed by atoms with Gasteiger partial charge in [0, 0.05) is 21.5 Å². The highest BCUT2D eigenvalue weighted by Gasteiger charge is 2.15. The number of hydrogen-bond donors (Lipinski definition) is 1. The first-order valence-corrected chi connectivity index (χ1v) is 7.14. The fraction of sp³-hybridized carbons (Fsp3) is 0.200. The van der Waals surface area contributed by atoms with Gasteiger partial charge in [0.15, 0.2) is 0 Å². The van der Waals surface area contributed by atoms with Crippen LogP contribution in [0, 0.1) is 5.82 Å². The second-order valence-electron chi connectivity index (χ2n) is 4.34. The van der Waals surface area contributed by atoms with Gasteiger partial charge in [0.25, 0.3) is 0 Å². The summed E-state index contributed by atoms with van der Waals surface area (Å²) < 4.78 is 19.8. The molecule has 5 heteroatoms. The molecular weight excluding hydrogens is 347 g/mol. The predicted octanol–water partition coefficient (Wildman–Crippen LogP) is 4.53. The van der Waals surface area contributed by atoms with E-state index < -0.39 is 11.9 Å². The average Bonchev–Trinajstić information content (AvgIpc) is 2.41. The Morgan fingerprint density at radius 1 is 1.30 bits per heavy atom. The van der Waals surface area contributed by atoms with Crippen LogP contribution < -0.4 is 4.74 Å². The highest BCUT2D eigenvalue weighted by molar-refractivity contribution is 9.10. The van der Waals surface area contributed by atoms with Gasteiger partial charge >= 0.3 is 0 Å². The van der Waals surface area contributed by atoms with Gasteiger partial charge in [-0.05, 0) is 35.9 Å². The molecule has 2 nitrogen and oxygen atoms in total. The molecule has 1 atom stereocenters. The molecule has 0 bridgehead atoms. The van der Waals surface area contributed by atoms with Crippen molar-refractivity contribution in [2.24, 2.45) is 0 Å². The molecule has 2 rings (SSSR count). The topological polar surface area (TPSA) is 29.5 Å². The third-order valence-corrected chi connectivity index (χ3v) is 4.00. The lowest BCUT2D eigenvalue weighted by Gasteiger charge is -2.14. The minimum absolute atomic E-state index is 0.226. The first-order valence-electron chi connectivity index (χ1n) is 5.96. The normalized spacial score (nSPS) is 12.2. The molecule has 106 valence electrons. The summed E-state index contributed by atoms with van der Waals surface area (Å²) >= 11 is 9.11. The standard InChI is InChI=1S/C15H13BrClFO2/c1-20-11-3-5-13(16)9(6-11)7-15(19)12-4-2-10(17)8-14(12)18/h2-6,8,15,19H,7H2,1H3. The molecular formula is C15H13BrClFO2. The zero-order valence-corrected chi connectivity index (χ0v) is 13.1. The third-order valence-electron chi connectivity index (χ3n) is 2.99. The van der Waals surface area contributed by atoms with Crippen molar-refractivity contribution in [3.8, 4) is 5.75 Å². The van der Waals surface area contributed by atoms with Crippen LogP contribution >= 0.6 is 27.5 Å². The van der Waals surface area contributed by atoms with Crippen molar-refractivity contribution in [3.63, 3.8) is 0 Å². The summed E-state index contributed by atoms with van der Waals surface area (Å²) in [6.45, 7) is 0. The number of ether oxygens (including phenoxy) is 1. The Morgan fingerprint density at radius 2 is 2.05 bits per heavy atom. The molecule has 1 unspecified atom stereocenters. The Bertz CT molecular complexity index is 619. The molecule has 0 heterocycles. The monoisotopic (exact) mass is 358 g/mol. The predicted molar refractivity (Wildman–Crippen MR) is 80.8 cm³/mol. The fourth-order valence-corrected chi connectivity index (χ4v) is 2.49. The largest absolute Gasteiger partial charge is 0.497 e. The zero-order valence-electron chi connectivity index (χ0n) is 10.7. The maximum absolute atomic E-state index is 13.8. The lowest BCUT2D eigenvalue weighted by molar-refractivity contribution is 0.173. The van der Waals surface area contributed by atoms with Crippen LogP contribution in [0.3, 0.4) is 0 Å². The lowest BCUT2D eigenvalue weighted by atomic mass is 10.0. The highest BCUT2D eigenvalue weighted by Crippen LogP contribution is 2.29. The number of hydrogen-bond acceptors (Lipinski definition) is 2. The summed E-state index contributed by atoms with van der Waals surface area (Å²) in [7, 11) is 1.57. The molecule has 0 aliphatic carbocycles.